The predicted octanol–water partition coefficient (Wildman–Crippen LogP) is 1.09. The summed E-state index contributed by atoms with van der Waals surface area (Å²) in [6, 6.07) is 5.62. The van der Waals surface area contributed by atoms with Crippen LogP contribution in [0.4, 0.5) is 0 Å². The zero-order chi connectivity index (χ0) is 14.2. The smallest absolute Gasteiger partial charge is 0.325 e. The van der Waals surface area contributed by atoms with Crippen LogP contribution in [-0.2, 0) is 11.8 Å². The molecule has 1 heterocycles. The van der Waals surface area contributed by atoms with Crippen molar-refractivity contribution in [3.05, 3.63) is 30.0 Å². The molecular weight excluding hydrogens is 248 g/mol. The largest absolute Gasteiger partial charge is 0.506 e. The summed E-state index contributed by atoms with van der Waals surface area (Å²) in [6.45, 7) is 1.39. The van der Waals surface area contributed by atoms with Crippen LogP contribution in [0.1, 0.15) is 17.4 Å². The number of benzene rings is 1. The van der Waals surface area contributed by atoms with Gasteiger partial charge in [-0.1, -0.05) is 12.1 Å². The van der Waals surface area contributed by atoms with Gasteiger partial charge in [0.15, 0.2) is 0 Å². The minimum Gasteiger partial charge on any atom is -0.506 e. The van der Waals surface area contributed by atoms with Gasteiger partial charge in [-0.3, -0.25) is 9.59 Å². The van der Waals surface area contributed by atoms with E-state index in [1.54, 1.807) is 25.2 Å². The van der Waals surface area contributed by atoms with Crippen molar-refractivity contribution in [1.82, 2.24) is 9.88 Å². The molecule has 0 saturated carbocycles. The Balaban J connectivity index is 2.41. The van der Waals surface area contributed by atoms with E-state index in [1.807, 2.05) is 0 Å². The summed E-state index contributed by atoms with van der Waals surface area (Å²) in [5, 5.41) is 21.6. The molecular formula is C13H14N2O4. The number of fused-ring (bicyclic) bond motifs is 1. The van der Waals surface area contributed by atoms with Crippen molar-refractivity contribution in [2.24, 2.45) is 7.05 Å². The Kier molecular flexibility index (Phi) is 3.16. The Hall–Kier alpha value is -2.50. The molecule has 2 rings (SSSR count). The molecule has 3 N–H and O–H groups in total. The van der Waals surface area contributed by atoms with Crippen LogP contribution in [0.3, 0.4) is 0 Å². The number of carboxylic acids is 1. The minimum atomic E-state index is -1.10. The Bertz CT molecular complexity index is 660. The van der Waals surface area contributed by atoms with Crippen molar-refractivity contribution in [3.63, 3.8) is 0 Å². The topological polar surface area (TPSA) is 91.6 Å². The van der Waals surface area contributed by atoms with Crippen molar-refractivity contribution < 1.29 is 19.8 Å². The molecule has 6 nitrogen and oxygen atoms in total. The molecule has 100 valence electrons. The van der Waals surface area contributed by atoms with E-state index in [-0.39, 0.29) is 5.75 Å². The third-order valence-corrected chi connectivity index (χ3v) is 2.99. The maximum Gasteiger partial charge on any atom is 0.325 e. The molecule has 0 aliphatic heterocycles. The monoisotopic (exact) mass is 262 g/mol. The van der Waals surface area contributed by atoms with Gasteiger partial charge in [-0.2, -0.15) is 0 Å². The molecule has 0 bridgehead atoms. The van der Waals surface area contributed by atoms with Crippen LogP contribution in [-0.4, -0.2) is 32.7 Å². The number of carbonyl (C=O) groups excluding carboxylic acids is 1. The number of rotatable bonds is 3. The Morgan fingerprint density at radius 1 is 1.37 bits per heavy atom. The number of para-hydroxylation sites is 1. The normalized spacial score (nSPS) is 12.3. The fraction of sp³-hybridized carbons (Fsp3) is 0.231. The number of aryl methyl sites for hydroxylation is 1. The molecule has 19 heavy (non-hydrogen) atoms. The number of carbonyl (C=O) groups is 2. The van der Waals surface area contributed by atoms with Crippen LogP contribution in [0.2, 0.25) is 0 Å². The Morgan fingerprint density at radius 2 is 2.05 bits per heavy atom. The number of nitrogens with one attached hydrogen (secondary N) is 1. The average Bonchev–Trinajstić information content (AvgIpc) is 2.68. The van der Waals surface area contributed by atoms with Crippen molar-refractivity contribution >= 4 is 22.8 Å². The number of hydrogen-bond donors (Lipinski definition) is 3. The van der Waals surface area contributed by atoms with E-state index < -0.39 is 17.9 Å². The zero-order valence-electron chi connectivity index (χ0n) is 10.5. The second kappa shape index (κ2) is 4.64. The molecule has 1 amide bonds. The van der Waals surface area contributed by atoms with Crippen LogP contribution in [0.15, 0.2) is 24.3 Å². The molecule has 0 fully saturated rings. The first-order valence-electron chi connectivity index (χ1n) is 5.73. The number of carboxylic acid groups (broad SMARTS) is 1. The van der Waals surface area contributed by atoms with Crippen molar-refractivity contribution in [2.75, 3.05) is 0 Å². The predicted molar refractivity (Wildman–Crippen MR) is 69.1 cm³/mol. The lowest BCUT2D eigenvalue weighted by Gasteiger charge is -2.10. The molecule has 6 heteroatoms. The maximum absolute atomic E-state index is 12.0. The van der Waals surface area contributed by atoms with Gasteiger partial charge in [0.25, 0.3) is 5.91 Å². The quantitative estimate of drug-likeness (QED) is 0.772. The number of phenols is 1. The molecule has 1 aromatic heterocycles. The Morgan fingerprint density at radius 3 is 2.63 bits per heavy atom. The summed E-state index contributed by atoms with van der Waals surface area (Å²) in [6.07, 6.45) is 0. The van der Waals surface area contributed by atoms with Crippen LogP contribution in [0, 0.1) is 0 Å². The van der Waals surface area contributed by atoms with E-state index in [2.05, 4.69) is 5.32 Å². The highest BCUT2D eigenvalue weighted by Gasteiger charge is 2.19. The van der Waals surface area contributed by atoms with Gasteiger partial charge >= 0.3 is 5.97 Å². The summed E-state index contributed by atoms with van der Waals surface area (Å²) < 4.78 is 1.54. The van der Waals surface area contributed by atoms with Gasteiger partial charge in [-0.25, -0.2) is 0 Å². The van der Waals surface area contributed by atoms with Crippen molar-refractivity contribution in [2.45, 2.75) is 13.0 Å². The second-order valence-corrected chi connectivity index (χ2v) is 4.34. The van der Waals surface area contributed by atoms with E-state index in [4.69, 9.17) is 5.11 Å². The highest BCUT2D eigenvalue weighted by molar-refractivity contribution is 6.01. The number of amides is 1. The highest BCUT2D eigenvalue weighted by Crippen LogP contribution is 2.26. The molecule has 0 spiro atoms. The number of aromatic hydroxyl groups is 1. The lowest BCUT2D eigenvalue weighted by Crippen LogP contribution is -2.39. The second-order valence-electron chi connectivity index (χ2n) is 4.34. The standard InChI is InChI=1S/C13H14N2O4/c1-7(13(18)19)14-12(17)9-6-8-4-3-5-10(16)11(8)15(9)2/h3-7,16H,1-2H3,(H,14,17)(H,18,19)/t7-/m0/s1. The lowest BCUT2D eigenvalue weighted by molar-refractivity contribution is -0.138. The average molecular weight is 262 g/mol. The lowest BCUT2D eigenvalue weighted by atomic mass is 10.2. The summed E-state index contributed by atoms with van der Waals surface area (Å²) in [7, 11) is 1.64. The fourth-order valence-electron chi connectivity index (χ4n) is 1.95. The zero-order valence-corrected chi connectivity index (χ0v) is 10.5. The summed E-state index contributed by atoms with van der Waals surface area (Å²) in [5.74, 6) is -1.52. The van der Waals surface area contributed by atoms with Gasteiger partial charge in [-0.05, 0) is 19.1 Å². The number of nitrogens with zero attached hydrogens (tertiary/aromatic N) is 1. The van der Waals surface area contributed by atoms with Gasteiger partial charge < -0.3 is 20.1 Å². The maximum atomic E-state index is 12.0. The van der Waals surface area contributed by atoms with Gasteiger partial charge in [0.2, 0.25) is 0 Å². The van der Waals surface area contributed by atoms with Gasteiger partial charge in [0.1, 0.15) is 17.5 Å². The fourth-order valence-corrected chi connectivity index (χ4v) is 1.95. The highest BCUT2D eigenvalue weighted by atomic mass is 16.4. The van der Waals surface area contributed by atoms with Gasteiger partial charge in [0.05, 0.1) is 5.52 Å². The first kappa shape index (κ1) is 12.9. The molecule has 0 aliphatic rings. The van der Waals surface area contributed by atoms with E-state index in [9.17, 15) is 14.7 Å². The molecule has 0 radical (unpaired) electrons. The van der Waals surface area contributed by atoms with Crippen LogP contribution in [0.25, 0.3) is 10.9 Å². The molecule has 1 aromatic carbocycles. The summed E-state index contributed by atoms with van der Waals surface area (Å²) >= 11 is 0. The Labute approximate surface area is 109 Å². The molecule has 2 aromatic rings. The van der Waals surface area contributed by atoms with E-state index >= 15 is 0 Å². The third kappa shape index (κ3) is 2.24. The summed E-state index contributed by atoms with van der Waals surface area (Å²) in [4.78, 5) is 22.7. The molecule has 1 atom stereocenters. The minimum absolute atomic E-state index is 0.0744. The summed E-state index contributed by atoms with van der Waals surface area (Å²) in [5.41, 5.74) is 0.834. The van der Waals surface area contributed by atoms with Crippen LogP contribution < -0.4 is 5.32 Å². The number of aliphatic carboxylic acids is 1. The van der Waals surface area contributed by atoms with E-state index in [0.717, 1.165) is 5.39 Å². The first-order valence-corrected chi connectivity index (χ1v) is 5.73. The molecule has 0 unspecified atom stereocenters. The third-order valence-electron chi connectivity index (χ3n) is 2.99. The van der Waals surface area contributed by atoms with Crippen LogP contribution in [0.5, 0.6) is 5.75 Å². The SMILES string of the molecule is C[C@H](NC(=O)c1cc2cccc(O)c2n1C)C(=O)O. The van der Waals surface area contributed by atoms with E-state index in [1.165, 1.54) is 17.6 Å². The first-order chi connectivity index (χ1) is 8.91. The van der Waals surface area contributed by atoms with Gasteiger partial charge in [0, 0.05) is 12.4 Å². The van der Waals surface area contributed by atoms with Crippen molar-refractivity contribution in [3.8, 4) is 5.75 Å². The molecule has 0 saturated heterocycles. The van der Waals surface area contributed by atoms with Gasteiger partial charge in [-0.15, -0.1) is 0 Å². The van der Waals surface area contributed by atoms with E-state index in [0.29, 0.717) is 11.2 Å². The number of hydrogen-bond acceptors (Lipinski definition) is 3. The van der Waals surface area contributed by atoms with Crippen LogP contribution >= 0.6 is 0 Å². The number of phenolic OH excluding ortho intramolecular Hbond substituents is 1. The molecule has 0 aliphatic carbocycles. The van der Waals surface area contributed by atoms with Crippen molar-refractivity contribution in [1.29, 1.82) is 0 Å². The number of aromatic nitrogens is 1.